The van der Waals surface area contributed by atoms with Crippen LogP contribution in [0.25, 0.3) is 0 Å². The van der Waals surface area contributed by atoms with Crippen LogP contribution in [0.4, 0.5) is 0 Å². The minimum Gasteiger partial charge on any atom is -0.493 e. The fourth-order valence-electron chi connectivity index (χ4n) is 2.05. The first kappa shape index (κ1) is 13.7. The molecule has 2 rings (SSSR count). The highest BCUT2D eigenvalue weighted by Crippen LogP contribution is 2.40. The molecule has 104 valence electrons. The number of methoxy groups -OCH3 is 1. The van der Waals surface area contributed by atoms with Gasteiger partial charge in [0.2, 0.25) is 5.75 Å². The van der Waals surface area contributed by atoms with E-state index >= 15 is 0 Å². The first-order valence-corrected chi connectivity index (χ1v) is 6.55. The highest BCUT2D eigenvalue weighted by molar-refractivity contribution is 5.54. The first-order chi connectivity index (χ1) is 9.24. The summed E-state index contributed by atoms with van der Waals surface area (Å²) >= 11 is 0. The summed E-state index contributed by atoms with van der Waals surface area (Å²) < 4.78 is 16.6. The van der Waals surface area contributed by atoms with Gasteiger partial charge < -0.3 is 19.5 Å². The molecule has 0 spiro atoms. The van der Waals surface area contributed by atoms with Crippen molar-refractivity contribution in [2.75, 3.05) is 20.3 Å². The van der Waals surface area contributed by atoms with E-state index in [1.54, 1.807) is 7.11 Å². The smallest absolute Gasteiger partial charge is 0.203 e. The summed E-state index contributed by atoms with van der Waals surface area (Å²) in [4.78, 5) is 0. The summed E-state index contributed by atoms with van der Waals surface area (Å²) in [5, 5.41) is 3.43. The van der Waals surface area contributed by atoms with Crippen molar-refractivity contribution in [1.29, 1.82) is 0 Å². The number of rotatable bonds is 6. The molecule has 1 unspecified atom stereocenters. The normalized spacial score (nSPS) is 14.8. The van der Waals surface area contributed by atoms with Crippen molar-refractivity contribution >= 4 is 0 Å². The number of nitrogens with one attached hydrogen (secondary N) is 1. The van der Waals surface area contributed by atoms with Gasteiger partial charge in [0.05, 0.1) is 7.11 Å². The summed E-state index contributed by atoms with van der Waals surface area (Å²) in [6.07, 6.45) is 2.86. The summed E-state index contributed by atoms with van der Waals surface area (Å²) in [7, 11) is 1.64. The zero-order valence-corrected chi connectivity index (χ0v) is 11.6. The lowest BCUT2D eigenvalue weighted by Gasteiger charge is -2.22. The standard InChI is InChI=1S/C15H21NO3/c1-4-5-11(2)16-10-12-8-13(17-3)15-14(9-12)18-6-7-19-15/h4,8-9,11,16H,1,5-7,10H2,2-3H3. The van der Waals surface area contributed by atoms with Gasteiger partial charge in [-0.05, 0) is 31.0 Å². The van der Waals surface area contributed by atoms with E-state index in [4.69, 9.17) is 14.2 Å². The fraction of sp³-hybridized carbons (Fsp3) is 0.467. The fourth-order valence-corrected chi connectivity index (χ4v) is 2.05. The van der Waals surface area contributed by atoms with Crippen molar-refractivity contribution in [2.45, 2.75) is 25.9 Å². The van der Waals surface area contributed by atoms with Crippen LogP contribution in [0.1, 0.15) is 18.9 Å². The Kier molecular flexibility index (Phi) is 4.68. The van der Waals surface area contributed by atoms with Gasteiger partial charge >= 0.3 is 0 Å². The van der Waals surface area contributed by atoms with Crippen LogP contribution in [0, 0.1) is 0 Å². The Morgan fingerprint density at radius 1 is 1.42 bits per heavy atom. The predicted octanol–water partition coefficient (Wildman–Crippen LogP) is 2.52. The number of fused-ring (bicyclic) bond motifs is 1. The molecule has 1 atom stereocenters. The summed E-state index contributed by atoms with van der Waals surface area (Å²) in [5.41, 5.74) is 1.12. The highest BCUT2D eigenvalue weighted by Gasteiger charge is 2.18. The van der Waals surface area contributed by atoms with E-state index in [9.17, 15) is 0 Å². The minimum atomic E-state index is 0.400. The molecule has 0 bridgehead atoms. The molecule has 0 aromatic heterocycles. The molecule has 0 saturated heterocycles. The van der Waals surface area contributed by atoms with Crippen molar-refractivity contribution in [3.05, 3.63) is 30.4 Å². The molecular formula is C15H21NO3. The third-order valence-corrected chi connectivity index (χ3v) is 3.06. The minimum absolute atomic E-state index is 0.400. The number of ether oxygens (including phenoxy) is 3. The topological polar surface area (TPSA) is 39.7 Å². The van der Waals surface area contributed by atoms with Gasteiger partial charge in [-0.2, -0.15) is 0 Å². The second-order valence-electron chi connectivity index (χ2n) is 4.63. The molecule has 1 aliphatic rings. The maximum absolute atomic E-state index is 5.61. The maximum Gasteiger partial charge on any atom is 0.203 e. The van der Waals surface area contributed by atoms with Crippen molar-refractivity contribution in [1.82, 2.24) is 5.32 Å². The highest BCUT2D eigenvalue weighted by atomic mass is 16.6. The van der Waals surface area contributed by atoms with Crippen molar-refractivity contribution in [2.24, 2.45) is 0 Å². The lowest BCUT2D eigenvalue weighted by Crippen LogP contribution is -2.25. The zero-order chi connectivity index (χ0) is 13.7. The number of hydrogen-bond donors (Lipinski definition) is 1. The van der Waals surface area contributed by atoms with Crippen molar-refractivity contribution in [3.63, 3.8) is 0 Å². The Balaban J connectivity index is 2.11. The molecule has 1 N–H and O–H groups in total. The Labute approximate surface area is 114 Å². The van der Waals surface area contributed by atoms with Crippen LogP contribution in [0.15, 0.2) is 24.8 Å². The number of hydrogen-bond acceptors (Lipinski definition) is 4. The average molecular weight is 263 g/mol. The van der Waals surface area contributed by atoms with Crippen molar-refractivity contribution in [3.8, 4) is 17.2 Å². The largest absolute Gasteiger partial charge is 0.493 e. The van der Waals surface area contributed by atoms with Gasteiger partial charge in [0.25, 0.3) is 0 Å². The molecule has 4 nitrogen and oxygen atoms in total. The molecule has 0 radical (unpaired) electrons. The Bertz CT molecular complexity index is 428. The zero-order valence-electron chi connectivity index (χ0n) is 11.6. The van der Waals surface area contributed by atoms with Crippen LogP contribution >= 0.6 is 0 Å². The SMILES string of the molecule is C=CCC(C)NCc1cc(OC)c2c(c1)OCCO2. The third kappa shape index (κ3) is 3.41. The molecule has 1 aliphatic heterocycles. The second kappa shape index (κ2) is 6.48. The molecule has 0 aliphatic carbocycles. The Hall–Kier alpha value is -1.68. The van der Waals surface area contributed by atoms with Gasteiger partial charge in [-0.1, -0.05) is 6.08 Å². The van der Waals surface area contributed by atoms with Crippen LogP contribution in [0.2, 0.25) is 0 Å². The monoisotopic (exact) mass is 263 g/mol. The summed E-state index contributed by atoms with van der Waals surface area (Å²) in [5.74, 6) is 2.20. The summed E-state index contributed by atoms with van der Waals surface area (Å²) in [6, 6.07) is 4.39. The lowest BCUT2D eigenvalue weighted by atomic mass is 10.1. The first-order valence-electron chi connectivity index (χ1n) is 6.55. The van der Waals surface area contributed by atoms with Gasteiger partial charge in [-0.25, -0.2) is 0 Å². The van der Waals surface area contributed by atoms with E-state index in [1.807, 2.05) is 18.2 Å². The molecule has 1 aromatic carbocycles. The van der Waals surface area contributed by atoms with E-state index in [1.165, 1.54) is 0 Å². The van der Waals surface area contributed by atoms with E-state index in [0.717, 1.165) is 30.0 Å². The average Bonchev–Trinajstić information content (AvgIpc) is 2.44. The van der Waals surface area contributed by atoms with Gasteiger partial charge in [-0.3, -0.25) is 0 Å². The van der Waals surface area contributed by atoms with E-state index < -0.39 is 0 Å². The molecule has 1 heterocycles. The maximum atomic E-state index is 5.61. The Morgan fingerprint density at radius 2 is 2.21 bits per heavy atom. The molecular weight excluding hydrogens is 242 g/mol. The molecule has 19 heavy (non-hydrogen) atoms. The van der Waals surface area contributed by atoms with Crippen LogP contribution in [-0.2, 0) is 6.54 Å². The van der Waals surface area contributed by atoms with Crippen molar-refractivity contribution < 1.29 is 14.2 Å². The van der Waals surface area contributed by atoms with Crippen LogP contribution in [0.3, 0.4) is 0 Å². The third-order valence-electron chi connectivity index (χ3n) is 3.06. The number of benzene rings is 1. The van der Waals surface area contributed by atoms with Crippen LogP contribution in [0.5, 0.6) is 17.2 Å². The van der Waals surface area contributed by atoms with Gasteiger partial charge in [0, 0.05) is 12.6 Å². The second-order valence-corrected chi connectivity index (χ2v) is 4.63. The van der Waals surface area contributed by atoms with Gasteiger partial charge in [0.1, 0.15) is 13.2 Å². The lowest BCUT2D eigenvalue weighted by molar-refractivity contribution is 0.165. The molecule has 1 aromatic rings. The quantitative estimate of drug-likeness (QED) is 0.801. The van der Waals surface area contributed by atoms with Gasteiger partial charge in [0.15, 0.2) is 11.5 Å². The van der Waals surface area contributed by atoms with Crippen LogP contribution < -0.4 is 19.5 Å². The predicted molar refractivity (Wildman–Crippen MR) is 75.1 cm³/mol. The summed E-state index contributed by atoms with van der Waals surface area (Å²) in [6.45, 7) is 7.80. The van der Waals surface area contributed by atoms with Gasteiger partial charge in [-0.15, -0.1) is 6.58 Å². The van der Waals surface area contributed by atoms with E-state index in [2.05, 4.69) is 18.8 Å². The molecule has 0 amide bonds. The molecule has 0 fully saturated rings. The van der Waals surface area contributed by atoms with E-state index in [-0.39, 0.29) is 0 Å². The molecule has 4 heteroatoms. The molecule has 0 saturated carbocycles. The van der Waals surface area contributed by atoms with Crippen LogP contribution in [-0.4, -0.2) is 26.4 Å². The van der Waals surface area contributed by atoms with E-state index in [0.29, 0.717) is 25.0 Å². The Morgan fingerprint density at radius 3 is 2.95 bits per heavy atom.